The number of hydrogen-bond donors (Lipinski definition) is 0. The maximum absolute atomic E-state index is 5.46. The predicted molar refractivity (Wildman–Crippen MR) is 81.5 cm³/mol. The molecular weight excluding hydrogens is 222 g/mol. The highest BCUT2D eigenvalue weighted by molar-refractivity contribution is 5.57. The molecule has 0 bridgehead atoms. The fraction of sp³-hybridized carbons (Fsp3) is 0.812. The van der Waals surface area contributed by atoms with Gasteiger partial charge in [-0.1, -0.05) is 18.6 Å². The van der Waals surface area contributed by atoms with Gasteiger partial charge in [-0.25, -0.2) is 0 Å². The lowest BCUT2D eigenvalue weighted by molar-refractivity contribution is 0.0722. The zero-order valence-corrected chi connectivity index (χ0v) is 12.9. The minimum absolute atomic E-state index is 0.335. The van der Waals surface area contributed by atoms with E-state index in [9.17, 15) is 0 Å². The van der Waals surface area contributed by atoms with Crippen LogP contribution in [-0.4, -0.2) is 25.5 Å². The Morgan fingerprint density at radius 3 is 2.56 bits per heavy atom. The molecule has 2 heteroatoms. The van der Waals surface area contributed by atoms with Crippen molar-refractivity contribution in [2.45, 2.75) is 66.4 Å². The molecule has 0 aliphatic rings. The first-order valence-corrected chi connectivity index (χ1v) is 7.29. The Bertz CT molecular complexity index is 241. The van der Waals surface area contributed by atoms with E-state index in [0.29, 0.717) is 6.10 Å². The number of allylic oxidation sites excluding steroid dienone is 2. The van der Waals surface area contributed by atoms with E-state index in [-0.39, 0.29) is 0 Å². The maximum atomic E-state index is 5.46. The lowest BCUT2D eigenvalue weighted by Crippen LogP contribution is -2.09. The molecule has 0 spiro atoms. The van der Waals surface area contributed by atoms with E-state index in [0.717, 1.165) is 31.9 Å². The van der Waals surface area contributed by atoms with Crippen molar-refractivity contribution in [1.82, 2.24) is 0 Å². The van der Waals surface area contributed by atoms with E-state index in [4.69, 9.17) is 4.74 Å². The van der Waals surface area contributed by atoms with Crippen LogP contribution in [0.2, 0.25) is 0 Å². The zero-order valence-electron chi connectivity index (χ0n) is 12.9. The molecule has 0 rings (SSSR count). The summed E-state index contributed by atoms with van der Waals surface area (Å²) in [4.78, 5) is 4.46. The third-order valence-corrected chi connectivity index (χ3v) is 2.96. The highest BCUT2D eigenvalue weighted by atomic mass is 16.5. The van der Waals surface area contributed by atoms with Crippen LogP contribution in [0.1, 0.15) is 60.3 Å². The van der Waals surface area contributed by atoms with Crippen LogP contribution < -0.4 is 0 Å². The molecule has 0 saturated heterocycles. The lowest BCUT2D eigenvalue weighted by atomic mass is 10.0. The second kappa shape index (κ2) is 11.5. The summed E-state index contributed by atoms with van der Waals surface area (Å²) in [5.41, 5.74) is 1.42. The summed E-state index contributed by atoms with van der Waals surface area (Å²) in [7, 11) is 0. The summed E-state index contributed by atoms with van der Waals surface area (Å²) in [6, 6.07) is 0. The van der Waals surface area contributed by atoms with Crippen molar-refractivity contribution in [1.29, 1.82) is 0 Å². The van der Waals surface area contributed by atoms with Gasteiger partial charge in [0.2, 0.25) is 0 Å². The quantitative estimate of drug-likeness (QED) is 0.410. The molecule has 0 amide bonds. The molecule has 0 fully saturated rings. The molecular formula is C16H31NO. The van der Waals surface area contributed by atoms with Gasteiger partial charge < -0.3 is 4.74 Å². The number of nitrogens with zero attached hydrogens (tertiary/aromatic N) is 1. The van der Waals surface area contributed by atoms with Crippen LogP contribution >= 0.6 is 0 Å². The van der Waals surface area contributed by atoms with Gasteiger partial charge in [0.05, 0.1) is 6.10 Å². The fourth-order valence-electron chi connectivity index (χ4n) is 1.74. The molecule has 2 unspecified atom stereocenters. The van der Waals surface area contributed by atoms with Gasteiger partial charge in [0, 0.05) is 13.2 Å². The van der Waals surface area contributed by atoms with Crippen molar-refractivity contribution < 1.29 is 4.74 Å². The Morgan fingerprint density at radius 2 is 1.94 bits per heavy atom. The molecule has 0 aliphatic heterocycles. The number of rotatable bonds is 10. The topological polar surface area (TPSA) is 21.6 Å². The standard InChI is InChI=1S/C16H31NO/c1-6-18-16(5)11-13-17-12-10-15(4)9-7-8-14(2)3/h8,12,15-16H,6-7,9-11,13H2,1-5H3/b17-12+. The van der Waals surface area contributed by atoms with Crippen LogP contribution in [0.15, 0.2) is 16.6 Å². The van der Waals surface area contributed by atoms with E-state index < -0.39 is 0 Å². The van der Waals surface area contributed by atoms with Gasteiger partial charge in [0.15, 0.2) is 0 Å². The van der Waals surface area contributed by atoms with Crippen molar-refractivity contribution in [3.8, 4) is 0 Å². The molecule has 0 N–H and O–H groups in total. The van der Waals surface area contributed by atoms with E-state index in [1.54, 1.807) is 0 Å². The van der Waals surface area contributed by atoms with E-state index in [1.807, 2.05) is 6.92 Å². The zero-order chi connectivity index (χ0) is 13.8. The van der Waals surface area contributed by atoms with Crippen molar-refractivity contribution >= 4 is 6.21 Å². The van der Waals surface area contributed by atoms with E-state index >= 15 is 0 Å². The molecule has 106 valence electrons. The molecule has 0 radical (unpaired) electrons. The summed E-state index contributed by atoms with van der Waals surface area (Å²) in [5, 5.41) is 0. The largest absolute Gasteiger partial charge is 0.379 e. The molecule has 0 aliphatic carbocycles. The molecule has 0 heterocycles. The number of ether oxygens (including phenoxy) is 1. The highest BCUT2D eigenvalue weighted by Gasteiger charge is 2.00. The molecule has 0 aromatic carbocycles. The van der Waals surface area contributed by atoms with Gasteiger partial charge in [-0.3, -0.25) is 4.99 Å². The predicted octanol–water partition coefficient (Wildman–Crippen LogP) is 4.64. The van der Waals surface area contributed by atoms with Crippen LogP contribution in [0, 0.1) is 5.92 Å². The number of aliphatic imine (C=N–C) groups is 1. The maximum Gasteiger partial charge on any atom is 0.0564 e. The van der Waals surface area contributed by atoms with E-state index in [2.05, 4.69) is 45.0 Å². The van der Waals surface area contributed by atoms with Crippen molar-refractivity contribution in [3.63, 3.8) is 0 Å². The second-order valence-electron chi connectivity index (χ2n) is 5.34. The summed E-state index contributed by atoms with van der Waals surface area (Å²) < 4.78 is 5.46. The molecule has 0 aromatic heterocycles. The van der Waals surface area contributed by atoms with Gasteiger partial charge in [0.25, 0.3) is 0 Å². The summed E-state index contributed by atoms with van der Waals surface area (Å²) >= 11 is 0. The van der Waals surface area contributed by atoms with Crippen LogP contribution in [0.5, 0.6) is 0 Å². The summed E-state index contributed by atoms with van der Waals surface area (Å²) in [5.74, 6) is 0.730. The minimum Gasteiger partial charge on any atom is -0.379 e. The van der Waals surface area contributed by atoms with Crippen LogP contribution in [0.25, 0.3) is 0 Å². The highest BCUT2D eigenvalue weighted by Crippen LogP contribution is 2.10. The summed E-state index contributed by atoms with van der Waals surface area (Å²) in [6.45, 7) is 12.5. The molecule has 0 saturated carbocycles. The van der Waals surface area contributed by atoms with Crippen molar-refractivity contribution in [2.24, 2.45) is 10.9 Å². The average Bonchev–Trinajstić information content (AvgIpc) is 2.28. The van der Waals surface area contributed by atoms with Gasteiger partial charge in [-0.05, 0) is 65.5 Å². The molecule has 0 aromatic rings. The van der Waals surface area contributed by atoms with Crippen LogP contribution in [0.4, 0.5) is 0 Å². The van der Waals surface area contributed by atoms with Crippen LogP contribution in [-0.2, 0) is 4.74 Å². The normalized spacial score (nSPS) is 14.7. The molecule has 2 nitrogen and oxygen atoms in total. The third kappa shape index (κ3) is 11.8. The van der Waals surface area contributed by atoms with Gasteiger partial charge in [0.1, 0.15) is 0 Å². The van der Waals surface area contributed by atoms with E-state index in [1.165, 1.54) is 18.4 Å². The Balaban J connectivity index is 3.53. The van der Waals surface area contributed by atoms with Crippen molar-refractivity contribution in [3.05, 3.63) is 11.6 Å². The first kappa shape index (κ1) is 17.4. The van der Waals surface area contributed by atoms with Gasteiger partial charge in [-0.2, -0.15) is 0 Å². The van der Waals surface area contributed by atoms with Crippen molar-refractivity contribution in [2.75, 3.05) is 13.2 Å². The first-order chi connectivity index (χ1) is 8.56. The van der Waals surface area contributed by atoms with Gasteiger partial charge >= 0.3 is 0 Å². The van der Waals surface area contributed by atoms with Gasteiger partial charge in [-0.15, -0.1) is 0 Å². The summed E-state index contributed by atoms with van der Waals surface area (Å²) in [6.07, 6.45) is 9.31. The Kier molecular flexibility index (Phi) is 11.1. The number of hydrogen-bond acceptors (Lipinski definition) is 2. The Hall–Kier alpha value is -0.630. The Labute approximate surface area is 114 Å². The second-order valence-corrected chi connectivity index (χ2v) is 5.34. The molecule has 18 heavy (non-hydrogen) atoms. The molecule has 2 atom stereocenters. The smallest absolute Gasteiger partial charge is 0.0564 e. The average molecular weight is 253 g/mol. The first-order valence-electron chi connectivity index (χ1n) is 7.29. The van der Waals surface area contributed by atoms with Crippen LogP contribution in [0.3, 0.4) is 0 Å². The third-order valence-electron chi connectivity index (χ3n) is 2.96. The Morgan fingerprint density at radius 1 is 1.22 bits per heavy atom. The monoisotopic (exact) mass is 253 g/mol. The minimum atomic E-state index is 0.335. The lowest BCUT2D eigenvalue weighted by Gasteiger charge is -2.09. The SMILES string of the molecule is CCOC(C)CC/N=C/CC(C)CCC=C(C)C. The fourth-order valence-corrected chi connectivity index (χ4v) is 1.74.